The van der Waals surface area contributed by atoms with Crippen molar-refractivity contribution in [3.8, 4) is 11.1 Å². The Morgan fingerprint density at radius 1 is 0.610 bits per heavy atom. The van der Waals surface area contributed by atoms with Crippen molar-refractivity contribution in [2.75, 3.05) is 4.90 Å². The number of fused-ring (bicyclic) bond motifs is 13. The summed E-state index contributed by atoms with van der Waals surface area (Å²) in [5.41, 5.74) is 15.7. The highest BCUT2D eigenvalue weighted by Crippen LogP contribution is 2.65. The number of thiophene rings is 1. The second kappa shape index (κ2) is 13.4. The quantitative estimate of drug-likeness (QED) is 0.140. The van der Waals surface area contributed by atoms with Crippen LogP contribution in [0.5, 0.6) is 0 Å². The van der Waals surface area contributed by atoms with Crippen LogP contribution >= 0.6 is 11.3 Å². The summed E-state index contributed by atoms with van der Waals surface area (Å²) in [5.74, 6) is 0. The van der Waals surface area contributed by atoms with Crippen LogP contribution in [-0.4, -0.2) is 4.57 Å². The molecule has 59 heavy (non-hydrogen) atoms. The summed E-state index contributed by atoms with van der Waals surface area (Å²) in [7, 11) is 0. The summed E-state index contributed by atoms with van der Waals surface area (Å²) in [6.07, 6.45) is 12.3. The van der Waals surface area contributed by atoms with Crippen molar-refractivity contribution in [1.82, 2.24) is 4.57 Å². The number of aromatic nitrogens is 1. The van der Waals surface area contributed by atoms with Crippen LogP contribution in [0, 0.1) is 0 Å². The smallest absolute Gasteiger partial charge is 0.0745 e. The second-order valence-electron chi connectivity index (χ2n) is 15.2. The summed E-state index contributed by atoms with van der Waals surface area (Å²) >= 11 is 1.85. The fraction of sp³-hybridized carbons (Fsp3) is 0.0357. The predicted octanol–water partition coefficient (Wildman–Crippen LogP) is 15.7. The molecule has 280 valence electrons. The van der Waals surface area contributed by atoms with E-state index < -0.39 is 5.41 Å². The van der Waals surface area contributed by atoms with Gasteiger partial charge in [-0.05, 0) is 101 Å². The summed E-state index contributed by atoms with van der Waals surface area (Å²) in [6.45, 7) is 15.1. The lowest BCUT2D eigenvalue weighted by Crippen LogP contribution is -2.29. The summed E-state index contributed by atoms with van der Waals surface area (Å²) in [4.78, 5) is 2.53. The van der Waals surface area contributed by atoms with E-state index in [1.165, 1.54) is 64.3 Å². The molecule has 0 fully saturated rings. The summed E-state index contributed by atoms with van der Waals surface area (Å²) < 4.78 is 4.91. The minimum Gasteiger partial charge on any atom is -0.309 e. The number of anilines is 3. The van der Waals surface area contributed by atoms with Gasteiger partial charge in [-0.1, -0.05) is 153 Å². The van der Waals surface area contributed by atoms with Crippen LogP contribution in [0.1, 0.15) is 29.2 Å². The fourth-order valence-electron chi connectivity index (χ4n) is 10.3. The van der Waals surface area contributed by atoms with Crippen LogP contribution in [0.2, 0.25) is 0 Å². The Balaban J connectivity index is 1.30. The first-order chi connectivity index (χ1) is 29.1. The Hall–Kier alpha value is -7.20. The molecule has 1 spiro atoms. The molecule has 11 rings (SSSR count). The SMILES string of the molecule is C=C/C=C(\C=C/C)n1c2ccccc2c2c(N(c3ccc4c(c3)sc3ccccc34)c3cccc4c3C3(C(C=C)=C4C=C)c4ccccc4-c4ccccc43)cccc21. The zero-order valence-corrected chi connectivity index (χ0v) is 33.6. The molecule has 0 N–H and O–H groups in total. The molecule has 0 aliphatic heterocycles. The molecule has 2 nitrogen and oxygen atoms in total. The zero-order valence-electron chi connectivity index (χ0n) is 32.8. The van der Waals surface area contributed by atoms with Gasteiger partial charge in [0.25, 0.3) is 0 Å². The molecule has 0 saturated heterocycles. The minimum absolute atomic E-state index is 0.627. The predicted molar refractivity (Wildman–Crippen MR) is 255 cm³/mol. The third kappa shape index (κ3) is 4.74. The average Bonchev–Trinajstić information content (AvgIpc) is 4.00. The van der Waals surface area contributed by atoms with E-state index in [2.05, 4.69) is 212 Å². The van der Waals surface area contributed by atoms with Gasteiger partial charge in [-0.25, -0.2) is 0 Å². The number of para-hydroxylation sites is 1. The maximum Gasteiger partial charge on any atom is 0.0745 e. The minimum atomic E-state index is -0.627. The van der Waals surface area contributed by atoms with Crippen molar-refractivity contribution in [2.24, 2.45) is 0 Å². The topological polar surface area (TPSA) is 8.17 Å². The van der Waals surface area contributed by atoms with Gasteiger partial charge in [0.2, 0.25) is 0 Å². The molecular formula is C56H40N2S. The molecule has 2 aliphatic rings. The molecule has 3 heteroatoms. The molecule has 0 bridgehead atoms. The van der Waals surface area contributed by atoms with E-state index in [0.29, 0.717) is 0 Å². The largest absolute Gasteiger partial charge is 0.309 e. The molecule has 0 atom stereocenters. The highest BCUT2D eigenvalue weighted by atomic mass is 32.1. The van der Waals surface area contributed by atoms with Crippen molar-refractivity contribution in [2.45, 2.75) is 12.3 Å². The second-order valence-corrected chi connectivity index (χ2v) is 16.3. The van der Waals surface area contributed by atoms with Crippen molar-refractivity contribution in [3.63, 3.8) is 0 Å². The Morgan fingerprint density at radius 2 is 1.25 bits per heavy atom. The number of hydrogen-bond acceptors (Lipinski definition) is 2. The van der Waals surface area contributed by atoms with E-state index in [9.17, 15) is 0 Å². The van der Waals surface area contributed by atoms with Crippen LogP contribution in [0.15, 0.2) is 213 Å². The number of allylic oxidation sites excluding steroid dienone is 9. The van der Waals surface area contributed by atoms with E-state index in [4.69, 9.17) is 0 Å². The number of nitrogens with zero attached hydrogens (tertiary/aromatic N) is 2. The van der Waals surface area contributed by atoms with E-state index in [1.54, 1.807) is 0 Å². The number of rotatable bonds is 8. The van der Waals surface area contributed by atoms with Gasteiger partial charge in [0.05, 0.1) is 27.8 Å². The van der Waals surface area contributed by atoms with Crippen LogP contribution in [0.4, 0.5) is 17.1 Å². The highest BCUT2D eigenvalue weighted by molar-refractivity contribution is 7.25. The van der Waals surface area contributed by atoms with Crippen molar-refractivity contribution < 1.29 is 0 Å². The Morgan fingerprint density at radius 3 is 2.00 bits per heavy atom. The first-order valence-electron chi connectivity index (χ1n) is 20.2. The standard InChI is InChI=1S/C56H40N2S/c1-5-19-36(20-6-2)57-48-28-15-11-24-44(48)54-49(57)29-18-30-50(54)58(37-33-34-42-41-23-12-16-32-52(41)59-53(42)35-37)51-31-17-25-43-38(7-3)45(8-4)56(55(43)51)46-26-13-9-21-39(46)40-22-10-14-27-47(40)56/h5-35H,1,3-4H2,2H3/b20-6-,36-19+. The Kier molecular flexibility index (Phi) is 7.98. The van der Waals surface area contributed by atoms with Crippen molar-refractivity contribution in [1.29, 1.82) is 0 Å². The maximum atomic E-state index is 4.52. The van der Waals surface area contributed by atoms with Gasteiger partial charge in [-0.15, -0.1) is 11.3 Å². The molecular weight excluding hydrogens is 733 g/mol. The lowest BCUT2D eigenvalue weighted by atomic mass is 9.69. The van der Waals surface area contributed by atoms with Gasteiger partial charge in [0, 0.05) is 47.9 Å². The van der Waals surface area contributed by atoms with Crippen LogP contribution < -0.4 is 4.90 Å². The fourth-order valence-corrected chi connectivity index (χ4v) is 11.5. The van der Waals surface area contributed by atoms with Crippen LogP contribution in [-0.2, 0) is 5.41 Å². The van der Waals surface area contributed by atoms with E-state index >= 15 is 0 Å². The number of hydrogen-bond donors (Lipinski definition) is 0. The maximum absolute atomic E-state index is 4.52. The highest BCUT2D eigenvalue weighted by Gasteiger charge is 2.53. The van der Waals surface area contributed by atoms with Gasteiger partial charge in [-0.2, -0.15) is 0 Å². The molecule has 7 aromatic carbocycles. The Bertz CT molecular complexity index is 3310. The molecule has 0 radical (unpaired) electrons. The van der Waals surface area contributed by atoms with Crippen LogP contribution in [0.3, 0.4) is 0 Å². The van der Waals surface area contributed by atoms with Gasteiger partial charge < -0.3 is 9.47 Å². The molecule has 0 saturated carbocycles. The van der Waals surface area contributed by atoms with Gasteiger partial charge in [0.1, 0.15) is 0 Å². The van der Waals surface area contributed by atoms with Crippen LogP contribution in [0.25, 0.3) is 64.4 Å². The molecule has 0 unspecified atom stereocenters. The van der Waals surface area contributed by atoms with Gasteiger partial charge in [-0.3, -0.25) is 0 Å². The molecule has 2 aliphatic carbocycles. The monoisotopic (exact) mass is 772 g/mol. The van der Waals surface area contributed by atoms with E-state index in [1.807, 2.05) is 23.5 Å². The lowest BCUT2D eigenvalue weighted by Gasteiger charge is -2.36. The molecule has 9 aromatic rings. The summed E-state index contributed by atoms with van der Waals surface area (Å²) in [6, 6.07) is 56.0. The van der Waals surface area contributed by atoms with E-state index in [0.717, 1.165) is 44.9 Å². The molecule has 2 aromatic heterocycles. The number of benzene rings is 7. The third-order valence-electron chi connectivity index (χ3n) is 12.4. The zero-order chi connectivity index (χ0) is 39.8. The molecule has 2 heterocycles. The van der Waals surface area contributed by atoms with Crippen molar-refractivity contribution >= 4 is 81.6 Å². The van der Waals surface area contributed by atoms with Gasteiger partial charge in [0.15, 0.2) is 0 Å². The van der Waals surface area contributed by atoms with Gasteiger partial charge >= 0.3 is 0 Å². The first kappa shape index (κ1) is 35.0. The Labute approximate surface area is 348 Å². The van der Waals surface area contributed by atoms with E-state index in [-0.39, 0.29) is 0 Å². The normalized spacial score (nSPS) is 14.2. The third-order valence-corrected chi connectivity index (χ3v) is 13.6. The summed E-state index contributed by atoms with van der Waals surface area (Å²) in [5, 5.41) is 4.92. The average molecular weight is 773 g/mol. The lowest BCUT2D eigenvalue weighted by molar-refractivity contribution is 0.786. The molecule has 0 amide bonds. The van der Waals surface area contributed by atoms with Crippen molar-refractivity contribution in [3.05, 3.63) is 236 Å². The first-order valence-corrected chi connectivity index (χ1v) is 21.0.